The molecule has 0 fully saturated rings. The van der Waals surface area contributed by atoms with E-state index in [1.165, 1.54) is 7.11 Å². The number of carbonyl (C=O) groups excluding carboxylic acids is 1. The molecule has 3 heterocycles. The van der Waals surface area contributed by atoms with Gasteiger partial charge in [-0.1, -0.05) is 0 Å². The van der Waals surface area contributed by atoms with Crippen LogP contribution < -0.4 is 4.74 Å². The zero-order valence-corrected chi connectivity index (χ0v) is 9.53. The third kappa shape index (κ3) is 1.64. The Morgan fingerprint density at radius 3 is 3.00 bits per heavy atom. The lowest BCUT2D eigenvalue weighted by Gasteiger charge is -1.92. The Morgan fingerprint density at radius 2 is 2.28 bits per heavy atom. The fourth-order valence-corrected chi connectivity index (χ4v) is 1.67. The summed E-state index contributed by atoms with van der Waals surface area (Å²) in [5, 5.41) is 3.71. The first kappa shape index (κ1) is 10.5. The van der Waals surface area contributed by atoms with Crippen molar-refractivity contribution < 1.29 is 14.1 Å². The maximum atomic E-state index is 10.7. The predicted molar refractivity (Wildman–Crippen MR) is 62.6 cm³/mol. The Labute approximate surface area is 102 Å². The molecule has 0 unspecified atom stereocenters. The van der Waals surface area contributed by atoms with Crippen LogP contribution in [0.2, 0.25) is 0 Å². The molecule has 0 amide bonds. The maximum Gasteiger partial charge on any atom is 0.254 e. The molecule has 18 heavy (non-hydrogen) atoms. The van der Waals surface area contributed by atoms with E-state index in [1.54, 1.807) is 35.0 Å². The Morgan fingerprint density at radius 1 is 1.39 bits per heavy atom. The van der Waals surface area contributed by atoms with Crippen LogP contribution in [0.5, 0.6) is 5.88 Å². The standard InChI is InChI=1S/C12H9N3O3/c1-17-12-4-10(18-14-12)9-6-15-5-8(7-16)2-3-11(15)13-9/h2-7H,1H3. The second-order valence-electron chi connectivity index (χ2n) is 3.71. The summed E-state index contributed by atoms with van der Waals surface area (Å²) in [5.41, 5.74) is 1.95. The minimum Gasteiger partial charge on any atom is -0.479 e. The van der Waals surface area contributed by atoms with Crippen LogP contribution in [-0.4, -0.2) is 27.9 Å². The summed E-state index contributed by atoms with van der Waals surface area (Å²) in [6.45, 7) is 0. The van der Waals surface area contributed by atoms with Crippen LogP contribution in [0.4, 0.5) is 0 Å². The number of ether oxygens (including phenoxy) is 1. The number of imidazole rings is 1. The molecule has 3 aromatic rings. The lowest BCUT2D eigenvalue weighted by atomic mass is 10.3. The molecule has 90 valence electrons. The van der Waals surface area contributed by atoms with Crippen LogP contribution in [-0.2, 0) is 0 Å². The van der Waals surface area contributed by atoms with Gasteiger partial charge in [0.15, 0.2) is 12.0 Å². The molecule has 0 aliphatic rings. The van der Waals surface area contributed by atoms with Crippen LogP contribution in [0.25, 0.3) is 17.1 Å². The summed E-state index contributed by atoms with van der Waals surface area (Å²) in [4.78, 5) is 15.1. The Balaban J connectivity index is 2.09. The Kier molecular flexibility index (Phi) is 2.33. The van der Waals surface area contributed by atoms with E-state index in [0.29, 0.717) is 22.9 Å². The number of rotatable bonds is 3. The lowest BCUT2D eigenvalue weighted by molar-refractivity contribution is 0.112. The summed E-state index contributed by atoms with van der Waals surface area (Å²) in [6, 6.07) is 5.13. The fourth-order valence-electron chi connectivity index (χ4n) is 1.67. The number of pyridine rings is 1. The van der Waals surface area contributed by atoms with Crippen molar-refractivity contribution in [2.45, 2.75) is 0 Å². The number of hydrogen-bond donors (Lipinski definition) is 0. The smallest absolute Gasteiger partial charge is 0.254 e. The molecule has 0 aliphatic carbocycles. The van der Waals surface area contributed by atoms with E-state index in [4.69, 9.17) is 9.26 Å². The molecule has 0 radical (unpaired) electrons. The van der Waals surface area contributed by atoms with Gasteiger partial charge in [0, 0.05) is 18.0 Å². The van der Waals surface area contributed by atoms with Crippen molar-refractivity contribution in [1.29, 1.82) is 0 Å². The van der Waals surface area contributed by atoms with Crippen LogP contribution >= 0.6 is 0 Å². The van der Waals surface area contributed by atoms with Gasteiger partial charge in [-0.3, -0.25) is 4.79 Å². The zero-order valence-electron chi connectivity index (χ0n) is 9.53. The van der Waals surface area contributed by atoms with Gasteiger partial charge in [-0.05, 0) is 17.3 Å². The summed E-state index contributed by atoms with van der Waals surface area (Å²) in [5.74, 6) is 0.916. The number of fused-ring (bicyclic) bond motifs is 1. The highest BCUT2D eigenvalue weighted by molar-refractivity contribution is 5.75. The summed E-state index contributed by atoms with van der Waals surface area (Å²) in [7, 11) is 1.52. The number of hydrogen-bond acceptors (Lipinski definition) is 5. The maximum absolute atomic E-state index is 10.7. The molecule has 6 heteroatoms. The molecule has 0 aromatic carbocycles. The first-order valence-electron chi connectivity index (χ1n) is 5.25. The summed E-state index contributed by atoms with van der Waals surface area (Å²) >= 11 is 0. The lowest BCUT2D eigenvalue weighted by Crippen LogP contribution is -1.86. The first-order chi connectivity index (χ1) is 8.80. The summed E-state index contributed by atoms with van der Waals surface area (Å²) in [6.07, 6.45) is 4.26. The van der Waals surface area contributed by atoms with Crippen molar-refractivity contribution >= 4 is 11.9 Å². The minimum atomic E-state index is 0.399. The Hall–Kier alpha value is -2.63. The molecule has 0 atom stereocenters. The highest BCUT2D eigenvalue weighted by atomic mass is 16.5. The van der Waals surface area contributed by atoms with Gasteiger partial charge >= 0.3 is 0 Å². The first-order valence-corrected chi connectivity index (χ1v) is 5.25. The highest BCUT2D eigenvalue weighted by Gasteiger charge is 2.11. The molecule has 0 aliphatic heterocycles. The van der Waals surface area contributed by atoms with Gasteiger partial charge in [0.1, 0.15) is 11.3 Å². The average Bonchev–Trinajstić information content (AvgIpc) is 3.03. The second kappa shape index (κ2) is 3.99. The largest absolute Gasteiger partial charge is 0.479 e. The van der Waals surface area contributed by atoms with Crippen LogP contribution in [0.1, 0.15) is 10.4 Å². The van der Waals surface area contributed by atoms with Gasteiger partial charge in [-0.2, -0.15) is 0 Å². The minimum absolute atomic E-state index is 0.399. The molecule has 0 spiro atoms. The van der Waals surface area contributed by atoms with E-state index >= 15 is 0 Å². The number of carbonyl (C=O) groups is 1. The van der Waals surface area contributed by atoms with Crippen LogP contribution in [0.15, 0.2) is 35.1 Å². The third-order valence-corrected chi connectivity index (χ3v) is 2.56. The molecule has 0 bridgehead atoms. The van der Waals surface area contributed by atoms with E-state index < -0.39 is 0 Å². The monoisotopic (exact) mass is 243 g/mol. The van der Waals surface area contributed by atoms with Crippen molar-refractivity contribution in [1.82, 2.24) is 14.5 Å². The number of methoxy groups -OCH3 is 1. The summed E-state index contributed by atoms with van der Waals surface area (Å²) < 4.78 is 11.8. The molecule has 3 aromatic heterocycles. The fraction of sp³-hybridized carbons (Fsp3) is 0.0833. The molecule has 0 saturated carbocycles. The SMILES string of the molecule is COc1cc(-c2cn3cc(C=O)ccc3n2)on1. The van der Waals surface area contributed by atoms with Crippen molar-refractivity contribution in [3.63, 3.8) is 0 Å². The van der Waals surface area contributed by atoms with E-state index in [-0.39, 0.29) is 0 Å². The van der Waals surface area contributed by atoms with Gasteiger partial charge < -0.3 is 13.7 Å². The average molecular weight is 243 g/mol. The normalized spacial score (nSPS) is 10.7. The number of nitrogens with zero attached hydrogens (tertiary/aromatic N) is 3. The van der Waals surface area contributed by atoms with E-state index in [1.807, 2.05) is 0 Å². The van der Waals surface area contributed by atoms with Crippen molar-refractivity contribution in [3.8, 4) is 17.3 Å². The quantitative estimate of drug-likeness (QED) is 0.656. The van der Waals surface area contributed by atoms with E-state index in [0.717, 1.165) is 11.9 Å². The second-order valence-corrected chi connectivity index (χ2v) is 3.71. The van der Waals surface area contributed by atoms with Gasteiger partial charge in [0.05, 0.1) is 13.2 Å². The zero-order chi connectivity index (χ0) is 12.5. The topological polar surface area (TPSA) is 69.6 Å². The van der Waals surface area contributed by atoms with Crippen molar-refractivity contribution in [2.75, 3.05) is 7.11 Å². The van der Waals surface area contributed by atoms with Crippen LogP contribution in [0.3, 0.4) is 0 Å². The third-order valence-electron chi connectivity index (χ3n) is 2.56. The highest BCUT2D eigenvalue weighted by Crippen LogP contribution is 2.23. The number of aldehydes is 1. The number of aromatic nitrogens is 3. The molecule has 6 nitrogen and oxygen atoms in total. The van der Waals surface area contributed by atoms with Gasteiger partial charge in [0.2, 0.25) is 0 Å². The van der Waals surface area contributed by atoms with Gasteiger partial charge in [0.25, 0.3) is 5.88 Å². The van der Waals surface area contributed by atoms with Crippen molar-refractivity contribution in [3.05, 3.63) is 36.2 Å². The Bertz CT molecular complexity index is 714. The van der Waals surface area contributed by atoms with E-state index in [2.05, 4.69) is 10.1 Å². The van der Waals surface area contributed by atoms with Crippen molar-refractivity contribution in [2.24, 2.45) is 0 Å². The van der Waals surface area contributed by atoms with E-state index in [9.17, 15) is 4.79 Å². The van der Waals surface area contributed by atoms with Gasteiger partial charge in [-0.15, -0.1) is 0 Å². The molecular formula is C12H9N3O3. The molecule has 0 N–H and O–H groups in total. The molecule has 3 rings (SSSR count). The van der Waals surface area contributed by atoms with Gasteiger partial charge in [-0.25, -0.2) is 4.98 Å². The van der Waals surface area contributed by atoms with Crippen LogP contribution in [0, 0.1) is 0 Å². The molecule has 0 saturated heterocycles. The predicted octanol–water partition coefficient (Wildman–Crippen LogP) is 1.81. The molecular weight excluding hydrogens is 234 g/mol.